The SMILES string of the molecule is COC(=O)[C@@H](c1ccccc1)N1C(=O)[C@@H](C(C)=O)C1(C(=O)OC(C)C)C(=O)OC(C)C. The summed E-state index contributed by atoms with van der Waals surface area (Å²) in [5.74, 6) is -6.44. The van der Waals surface area contributed by atoms with Gasteiger partial charge in [-0.05, 0) is 40.2 Å². The summed E-state index contributed by atoms with van der Waals surface area (Å²) in [6.07, 6.45) is -1.32. The zero-order chi connectivity index (χ0) is 23.5. The van der Waals surface area contributed by atoms with Gasteiger partial charge in [-0.25, -0.2) is 14.4 Å². The van der Waals surface area contributed by atoms with Crippen LogP contribution in [0.2, 0.25) is 0 Å². The Morgan fingerprint density at radius 3 is 1.81 bits per heavy atom. The number of Topliss-reactive ketones (excluding diaryl/α,β-unsaturated/α-hetero) is 1. The Bertz CT molecular complexity index is 855. The van der Waals surface area contributed by atoms with Crippen molar-refractivity contribution in [3.63, 3.8) is 0 Å². The first-order valence-corrected chi connectivity index (χ1v) is 9.88. The molecule has 9 nitrogen and oxygen atoms in total. The summed E-state index contributed by atoms with van der Waals surface area (Å²) in [5, 5.41) is 0. The van der Waals surface area contributed by atoms with Crippen LogP contribution in [0.1, 0.15) is 46.2 Å². The summed E-state index contributed by atoms with van der Waals surface area (Å²) >= 11 is 0. The van der Waals surface area contributed by atoms with Gasteiger partial charge in [0.1, 0.15) is 11.7 Å². The second-order valence-electron chi connectivity index (χ2n) is 7.76. The van der Waals surface area contributed by atoms with Crippen molar-refractivity contribution in [3.8, 4) is 0 Å². The topological polar surface area (TPSA) is 116 Å². The molecule has 0 bridgehead atoms. The molecule has 168 valence electrons. The highest BCUT2D eigenvalue weighted by molar-refractivity contribution is 6.25. The van der Waals surface area contributed by atoms with Crippen LogP contribution in [-0.2, 0) is 38.2 Å². The smallest absolute Gasteiger partial charge is 0.345 e. The van der Waals surface area contributed by atoms with E-state index in [1.807, 2.05) is 0 Å². The van der Waals surface area contributed by atoms with E-state index in [-0.39, 0.29) is 0 Å². The molecule has 1 fully saturated rings. The Morgan fingerprint density at radius 2 is 1.42 bits per heavy atom. The second kappa shape index (κ2) is 9.28. The zero-order valence-corrected chi connectivity index (χ0v) is 18.4. The van der Waals surface area contributed by atoms with E-state index in [0.29, 0.717) is 5.56 Å². The van der Waals surface area contributed by atoms with Crippen molar-refractivity contribution in [1.82, 2.24) is 4.90 Å². The van der Waals surface area contributed by atoms with Gasteiger partial charge in [0.2, 0.25) is 5.91 Å². The van der Waals surface area contributed by atoms with Gasteiger partial charge >= 0.3 is 17.9 Å². The van der Waals surface area contributed by atoms with E-state index in [9.17, 15) is 24.0 Å². The highest BCUT2D eigenvalue weighted by Gasteiger charge is 2.76. The molecule has 1 aromatic carbocycles. The van der Waals surface area contributed by atoms with Crippen LogP contribution < -0.4 is 0 Å². The number of nitrogens with zero attached hydrogens (tertiary/aromatic N) is 1. The van der Waals surface area contributed by atoms with E-state index in [4.69, 9.17) is 14.2 Å². The molecule has 0 N–H and O–H groups in total. The summed E-state index contributed by atoms with van der Waals surface area (Å²) in [7, 11) is 1.12. The normalized spacial score (nSPS) is 18.3. The first-order chi connectivity index (χ1) is 14.5. The third-order valence-electron chi connectivity index (χ3n) is 4.79. The van der Waals surface area contributed by atoms with Gasteiger partial charge in [0.15, 0.2) is 6.04 Å². The number of hydrogen-bond acceptors (Lipinski definition) is 8. The van der Waals surface area contributed by atoms with E-state index < -0.39 is 59.3 Å². The van der Waals surface area contributed by atoms with Gasteiger partial charge < -0.3 is 14.2 Å². The molecule has 0 spiro atoms. The van der Waals surface area contributed by atoms with Crippen molar-refractivity contribution in [2.75, 3.05) is 7.11 Å². The predicted octanol–water partition coefficient (Wildman–Crippen LogP) is 1.59. The Morgan fingerprint density at radius 1 is 0.935 bits per heavy atom. The summed E-state index contributed by atoms with van der Waals surface area (Å²) in [6.45, 7) is 7.32. The lowest BCUT2D eigenvalue weighted by Crippen LogP contribution is -2.81. The first kappa shape index (κ1) is 24.0. The van der Waals surface area contributed by atoms with Crippen LogP contribution in [0.3, 0.4) is 0 Å². The van der Waals surface area contributed by atoms with Crippen LogP contribution >= 0.6 is 0 Å². The Balaban J connectivity index is 2.77. The zero-order valence-electron chi connectivity index (χ0n) is 18.4. The number of carbonyl (C=O) groups excluding carboxylic acids is 5. The monoisotopic (exact) mass is 433 g/mol. The fourth-order valence-corrected chi connectivity index (χ4v) is 3.62. The second-order valence-corrected chi connectivity index (χ2v) is 7.76. The van der Waals surface area contributed by atoms with E-state index in [2.05, 4.69) is 0 Å². The fraction of sp³-hybridized carbons (Fsp3) is 0.500. The minimum atomic E-state index is -2.45. The van der Waals surface area contributed by atoms with E-state index in [1.54, 1.807) is 58.0 Å². The average Bonchev–Trinajstić information content (AvgIpc) is 2.67. The molecular weight excluding hydrogens is 406 g/mol. The van der Waals surface area contributed by atoms with Crippen LogP contribution in [-0.4, -0.2) is 59.4 Å². The molecule has 0 radical (unpaired) electrons. The number of methoxy groups -OCH3 is 1. The molecule has 0 saturated carbocycles. The number of β-lactam (4-membered cyclic amide) rings is 1. The number of carbonyl (C=O) groups is 5. The Labute approximate surface area is 180 Å². The summed E-state index contributed by atoms with van der Waals surface area (Å²) < 4.78 is 15.4. The molecule has 1 aliphatic heterocycles. The van der Waals surface area contributed by atoms with Gasteiger partial charge in [0, 0.05) is 0 Å². The number of hydrogen-bond donors (Lipinski definition) is 0. The maximum absolute atomic E-state index is 13.3. The van der Waals surface area contributed by atoms with Gasteiger partial charge in [0.05, 0.1) is 19.3 Å². The number of benzene rings is 1. The van der Waals surface area contributed by atoms with Gasteiger partial charge in [-0.15, -0.1) is 0 Å². The molecule has 9 heteroatoms. The van der Waals surface area contributed by atoms with Crippen LogP contribution in [0.5, 0.6) is 0 Å². The summed E-state index contributed by atoms with van der Waals surface area (Å²) in [5.41, 5.74) is -2.16. The van der Waals surface area contributed by atoms with Gasteiger partial charge in [-0.2, -0.15) is 0 Å². The van der Waals surface area contributed by atoms with Gasteiger partial charge in [0.25, 0.3) is 5.54 Å². The minimum Gasteiger partial charge on any atom is -0.467 e. The highest BCUT2D eigenvalue weighted by atomic mass is 16.6. The van der Waals surface area contributed by atoms with Gasteiger partial charge in [-0.3, -0.25) is 14.5 Å². The van der Waals surface area contributed by atoms with Crippen LogP contribution in [0.25, 0.3) is 0 Å². The lowest BCUT2D eigenvalue weighted by Gasteiger charge is -2.54. The quantitative estimate of drug-likeness (QED) is 0.263. The molecule has 31 heavy (non-hydrogen) atoms. The average molecular weight is 433 g/mol. The molecule has 0 aliphatic carbocycles. The third-order valence-corrected chi connectivity index (χ3v) is 4.79. The molecule has 1 aliphatic rings. The van der Waals surface area contributed by atoms with Crippen molar-refractivity contribution in [3.05, 3.63) is 35.9 Å². The number of esters is 3. The molecule has 1 heterocycles. The molecule has 2 rings (SSSR count). The van der Waals surface area contributed by atoms with E-state index >= 15 is 0 Å². The molecule has 1 saturated heterocycles. The predicted molar refractivity (Wildman–Crippen MR) is 107 cm³/mol. The number of rotatable bonds is 8. The van der Waals surface area contributed by atoms with Crippen molar-refractivity contribution < 1.29 is 38.2 Å². The summed E-state index contributed by atoms with van der Waals surface area (Å²) in [6, 6.07) is 6.57. The third kappa shape index (κ3) is 4.17. The first-order valence-electron chi connectivity index (χ1n) is 9.88. The molecule has 1 aromatic rings. The molecule has 1 amide bonds. The number of likely N-dealkylation sites (tertiary alicyclic amines) is 1. The van der Waals surface area contributed by atoms with Crippen LogP contribution in [0.15, 0.2) is 30.3 Å². The number of ether oxygens (including phenoxy) is 3. The van der Waals surface area contributed by atoms with Crippen molar-refractivity contribution in [2.24, 2.45) is 5.92 Å². The maximum atomic E-state index is 13.3. The molecular formula is C22H27NO8. The molecule has 0 unspecified atom stereocenters. The molecule has 0 aromatic heterocycles. The molecule has 2 atom stereocenters. The lowest BCUT2D eigenvalue weighted by atomic mass is 9.69. The standard InChI is InChI=1S/C22H27NO8/c1-12(2)30-20(27)22(21(28)31-13(3)4)16(14(5)24)18(25)23(22)17(19(26)29-6)15-10-8-7-9-11-15/h7-13,16-17H,1-6H3/t16-,17-/m1/s1. The number of amides is 1. The van der Waals surface area contributed by atoms with E-state index in [0.717, 1.165) is 18.9 Å². The lowest BCUT2D eigenvalue weighted by molar-refractivity contribution is -0.213. The van der Waals surface area contributed by atoms with Crippen molar-refractivity contribution in [1.29, 1.82) is 0 Å². The highest BCUT2D eigenvalue weighted by Crippen LogP contribution is 2.47. The minimum absolute atomic E-state index is 0.295. The van der Waals surface area contributed by atoms with Crippen LogP contribution in [0, 0.1) is 5.92 Å². The number of ketones is 1. The largest absolute Gasteiger partial charge is 0.467 e. The maximum Gasteiger partial charge on any atom is 0.345 e. The van der Waals surface area contributed by atoms with Gasteiger partial charge in [-0.1, -0.05) is 30.3 Å². The van der Waals surface area contributed by atoms with Crippen molar-refractivity contribution in [2.45, 2.75) is 58.4 Å². The van der Waals surface area contributed by atoms with Crippen LogP contribution in [0.4, 0.5) is 0 Å². The van der Waals surface area contributed by atoms with Crippen molar-refractivity contribution >= 4 is 29.6 Å². The Hall–Kier alpha value is -3.23. The Kier molecular flexibility index (Phi) is 7.20. The fourth-order valence-electron chi connectivity index (χ4n) is 3.62. The summed E-state index contributed by atoms with van der Waals surface area (Å²) in [4.78, 5) is 65.6. The van der Waals surface area contributed by atoms with E-state index in [1.165, 1.54) is 0 Å².